The molecular formula is C16H19NO4S. The summed E-state index contributed by atoms with van der Waals surface area (Å²) >= 11 is 0. The van der Waals surface area contributed by atoms with E-state index in [4.69, 9.17) is 4.74 Å². The number of hydrogen-bond acceptors (Lipinski definition) is 4. The Labute approximate surface area is 130 Å². The van der Waals surface area contributed by atoms with E-state index in [9.17, 15) is 13.2 Å². The van der Waals surface area contributed by atoms with Crippen molar-refractivity contribution in [2.75, 3.05) is 6.61 Å². The van der Waals surface area contributed by atoms with E-state index >= 15 is 0 Å². The number of carbonyl (C=O) groups is 1. The maximum atomic E-state index is 12.8. The smallest absolute Gasteiger partial charge is 0.339 e. The molecule has 0 atom stereocenters. The van der Waals surface area contributed by atoms with Crippen LogP contribution in [-0.2, 0) is 14.8 Å². The monoisotopic (exact) mass is 321 g/mol. The van der Waals surface area contributed by atoms with Gasteiger partial charge in [-0.3, -0.25) is 0 Å². The second-order valence-electron chi connectivity index (χ2n) is 5.09. The average Bonchev–Trinajstić information content (AvgIpc) is 2.75. The highest BCUT2D eigenvalue weighted by molar-refractivity contribution is 7.90. The molecule has 0 aliphatic rings. The molecule has 5 nitrogen and oxygen atoms in total. The Morgan fingerprint density at radius 3 is 2.27 bits per heavy atom. The van der Waals surface area contributed by atoms with Crippen LogP contribution in [0.3, 0.4) is 0 Å². The van der Waals surface area contributed by atoms with Crippen LogP contribution in [-0.4, -0.2) is 25.0 Å². The van der Waals surface area contributed by atoms with Gasteiger partial charge in [-0.05, 0) is 45.9 Å². The maximum Gasteiger partial charge on any atom is 0.339 e. The Balaban J connectivity index is 2.57. The van der Waals surface area contributed by atoms with Gasteiger partial charge in [0.25, 0.3) is 10.0 Å². The summed E-state index contributed by atoms with van der Waals surface area (Å²) in [5, 5.41) is 0. The standard InChI is InChI=1S/C16H19NO4S/c1-5-21-16(18)15-10-12(3)17(13(15)4)22(19,20)14-8-6-11(2)7-9-14/h6-10H,5H2,1-4H3. The SMILES string of the molecule is CCOC(=O)c1cc(C)n(S(=O)(=O)c2ccc(C)cc2)c1C. The minimum Gasteiger partial charge on any atom is -0.462 e. The van der Waals surface area contributed by atoms with Crippen molar-refractivity contribution < 1.29 is 17.9 Å². The van der Waals surface area contributed by atoms with Crippen molar-refractivity contribution in [1.82, 2.24) is 3.97 Å². The fourth-order valence-electron chi connectivity index (χ4n) is 2.35. The Hall–Kier alpha value is -2.08. The van der Waals surface area contributed by atoms with Crippen LogP contribution < -0.4 is 0 Å². The first-order valence-electron chi connectivity index (χ1n) is 6.97. The van der Waals surface area contributed by atoms with Crippen LogP contribution in [0.1, 0.15) is 34.2 Å². The molecule has 1 aromatic carbocycles. The van der Waals surface area contributed by atoms with Gasteiger partial charge in [0.2, 0.25) is 0 Å². The Morgan fingerprint density at radius 2 is 1.73 bits per heavy atom. The van der Waals surface area contributed by atoms with E-state index in [0.717, 1.165) is 5.56 Å². The van der Waals surface area contributed by atoms with Crippen molar-refractivity contribution in [1.29, 1.82) is 0 Å². The lowest BCUT2D eigenvalue weighted by molar-refractivity contribution is 0.0525. The van der Waals surface area contributed by atoms with Gasteiger partial charge in [0.15, 0.2) is 0 Å². The first-order chi connectivity index (χ1) is 10.3. The van der Waals surface area contributed by atoms with E-state index in [-0.39, 0.29) is 17.1 Å². The van der Waals surface area contributed by atoms with Crippen LogP contribution in [0.5, 0.6) is 0 Å². The molecule has 0 spiro atoms. The molecule has 6 heteroatoms. The lowest BCUT2D eigenvalue weighted by Crippen LogP contribution is -2.17. The molecule has 1 aromatic heterocycles. The van der Waals surface area contributed by atoms with Crippen molar-refractivity contribution in [3.05, 3.63) is 52.8 Å². The van der Waals surface area contributed by atoms with Crippen molar-refractivity contribution >= 4 is 16.0 Å². The summed E-state index contributed by atoms with van der Waals surface area (Å²) in [5.41, 5.74) is 2.08. The molecule has 1 heterocycles. The fraction of sp³-hybridized carbons (Fsp3) is 0.312. The molecule has 2 rings (SSSR count). The summed E-state index contributed by atoms with van der Waals surface area (Å²) in [6, 6.07) is 8.15. The first kappa shape index (κ1) is 16.3. The molecular weight excluding hydrogens is 302 g/mol. The van der Waals surface area contributed by atoms with Crippen LogP contribution in [0.25, 0.3) is 0 Å². The van der Waals surface area contributed by atoms with Crippen molar-refractivity contribution in [3.63, 3.8) is 0 Å². The van der Waals surface area contributed by atoms with Gasteiger partial charge in [-0.15, -0.1) is 0 Å². The molecule has 0 radical (unpaired) electrons. The highest BCUT2D eigenvalue weighted by Gasteiger charge is 2.25. The molecule has 0 saturated carbocycles. The normalized spacial score (nSPS) is 11.5. The number of esters is 1. The highest BCUT2D eigenvalue weighted by atomic mass is 32.2. The van der Waals surface area contributed by atoms with E-state index in [1.54, 1.807) is 51.1 Å². The fourth-order valence-corrected chi connectivity index (χ4v) is 3.93. The van der Waals surface area contributed by atoms with Gasteiger partial charge in [0.05, 0.1) is 17.1 Å². The van der Waals surface area contributed by atoms with Crippen molar-refractivity contribution in [2.45, 2.75) is 32.6 Å². The van der Waals surface area contributed by atoms with Gasteiger partial charge in [0, 0.05) is 11.4 Å². The van der Waals surface area contributed by atoms with E-state index in [2.05, 4.69) is 0 Å². The summed E-state index contributed by atoms with van der Waals surface area (Å²) < 4.78 is 31.7. The number of nitrogens with zero attached hydrogens (tertiary/aromatic N) is 1. The van der Waals surface area contributed by atoms with E-state index in [1.165, 1.54) is 3.97 Å². The van der Waals surface area contributed by atoms with Gasteiger partial charge < -0.3 is 4.74 Å². The lowest BCUT2D eigenvalue weighted by Gasteiger charge is -2.11. The van der Waals surface area contributed by atoms with Gasteiger partial charge in [0.1, 0.15) is 0 Å². The molecule has 2 aromatic rings. The third-order valence-corrected chi connectivity index (χ3v) is 5.33. The largest absolute Gasteiger partial charge is 0.462 e. The summed E-state index contributed by atoms with van der Waals surface area (Å²) in [7, 11) is -3.74. The van der Waals surface area contributed by atoms with E-state index < -0.39 is 16.0 Å². The number of benzene rings is 1. The van der Waals surface area contributed by atoms with E-state index in [0.29, 0.717) is 11.4 Å². The maximum absolute atomic E-state index is 12.8. The van der Waals surface area contributed by atoms with Gasteiger partial charge in [-0.2, -0.15) is 0 Å². The zero-order valence-corrected chi connectivity index (χ0v) is 13.9. The predicted molar refractivity (Wildman–Crippen MR) is 83.6 cm³/mol. The molecule has 22 heavy (non-hydrogen) atoms. The Morgan fingerprint density at radius 1 is 1.14 bits per heavy atom. The topological polar surface area (TPSA) is 65.4 Å². The second-order valence-corrected chi connectivity index (χ2v) is 6.87. The van der Waals surface area contributed by atoms with Crippen molar-refractivity contribution in [3.8, 4) is 0 Å². The zero-order chi connectivity index (χ0) is 16.5. The molecule has 0 aliphatic carbocycles. The molecule has 0 saturated heterocycles. The summed E-state index contributed by atoms with van der Waals surface area (Å²) in [5.74, 6) is -0.513. The lowest BCUT2D eigenvalue weighted by atomic mass is 10.2. The summed E-state index contributed by atoms with van der Waals surface area (Å²) in [6.07, 6.45) is 0. The van der Waals surface area contributed by atoms with Crippen LogP contribution in [0.15, 0.2) is 35.2 Å². The van der Waals surface area contributed by atoms with Crippen LogP contribution in [0, 0.1) is 20.8 Å². The molecule has 0 unspecified atom stereocenters. The van der Waals surface area contributed by atoms with Crippen LogP contribution in [0.2, 0.25) is 0 Å². The minimum absolute atomic E-state index is 0.190. The summed E-state index contributed by atoms with van der Waals surface area (Å²) in [6.45, 7) is 7.10. The van der Waals surface area contributed by atoms with Gasteiger partial charge in [-0.1, -0.05) is 17.7 Å². The minimum atomic E-state index is -3.74. The molecule has 0 N–H and O–H groups in total. The second kappa shape index (κ2) is 5.96. The zero-order valence-electron chi connectivity index (χ0n) is 13.1. The van der Waals surface area contributed by atoms with Crippen LogP contribution in [0.4, 0.5) is 0 Å². The quantitative estimate of drug-likeness (QED) is 0.812. The Kier molecular flexibility index (Phi) is 4.42. The average molecular weight is 321 g/mol. The third kappa shape index (κ3) is 2.78. The molecule has 0 amide bonds. The summed E-state index contributed by atoms with van der Waals surface area (Å²) in [4.78, 5) is 12.1. The number of rotatable bonds is 4. The molecule has 0 fully saturated rings. The number of hydrogen-bond donors (Lipinski definition) is 0. The molecule has 0 bridgehead atoms. The Bertz CT molecular complexity index is 801. The highest BCUT2D eigenvalue weighted by Crippen LogP contribution is 2.23. The van der Waals surface area contributed by atoms with Crippen molar-refractivity contribution in [2.24, 2.45) is 0 Å². The first-order valence-corrected chi connectivity index (χ1v) is 8.41. The number of ether oxygens (including phenoxy) is 1. The molecule has 118 valence electrons. The third-order valence-electron chi connectivity index (χ3n) is 3.42. The number of aryl methyl sites for hydroxylation is 2. The van der Waals surface area contributed by atoms with E-state index in [1.807, 2.05) is 6.92 Å². The van der Waals surface area contributed by atoms with Crippen LogP contribution >= 0.6 is 0 Å². The predicted octanol–water partition coefficient (Wildman–Crippen LogP) is 2.83. The van der Waals surface area contributed by atoms with Gasteiger partial charge >= 0.3 is 5.97 Å². The van der Waals surface area contributed by atoms with Gasteiger partial charge in [-0.25, -0.2) is 17.2 Å². The number of aromatic nitrogens is 1. The number of carbonyl (C=O) groups excluding carboxylic acids is 1. The molecule has 0 aliphatic heterocycles.